The third-order valence-electron chi connectivity index (χ3n) is 10.3. The number of nitrogens with zero attached hydrogens (tertiary/aromatic N) is 1. The molecule has 0 aromatic heterocycles. The number of hydrogen-bond acceptors (Lipinski definition) is 7. The number of unbranched alkanes of at least 4 members (excludes halogenated alkanes) is 21. The van der Waals surface area contributed by atoms with E-state index >= 15 is 0 Å². The number of nitrogens with two attached hydrogens (primary N) is 3. The summed E-state index contributed by atoms with van der Waals surface area (Å²) in [5.74, 6) is -0.366. The molecule has 0 aromatic rings. The summed E-state index contributed by atoms with van der Waals surface area (Å²) < 4.78 is 0. The lowest BCUT2D eigenvalue weighted by Gasteiger charge is -2.24. The van der Waals surface area contributed by atoms with Crippen molar-refractivity contribution in [1.82, 2.24) is 20.9 Å². The molecular weight excluding hydrogens is 651 g/mol. The second-order valence-electron chi connectivity index (χ2n) is 15.3. The minimum Gasteiger partial charge on any atom is -0.353 e. The Morgan fingerprint density at radius 2 is 0.596 bits per heavy atom. The second kappa shape index (κ2) is 37.6. The van der Waals surface area contributed by atoms with Gasteiger partial charge in [0.1, 0.15) is 0 Å². The summed E-state index contributed by atoms with van der Waals surface area (Å²) in [4.78, 5) is 40.2. The van der Waals surface area contributed by atoms with Crippen molar-refractivity contribution in [3.63, 3.8) is 0 Å². The molecule has 0 aliphatic rings. The van der Waals surface area contributed by atoms with Crippen LogP contribution in [-0.2, 0) is 14.4 Å². The van der Waals surface area contributed by atoms with Gasteiger partial charge in [0.25, 0.3) is 0 Å². The summed E-state index contributed by atoms with van der Waals surface area (Å²) in [5, 5.41) is 8.99. The Morgan fingerprint density at radius 1 is 0.385 bits per heavy atom. The second-order valence-corrected chi connectivity index (χ2v) is 15.3. The van der Waals surface area contributed by atoms with Gasteiger partial charge < -0.3 is 33.2 Å². The van der Waals surface area contributed by atoms with Gasteiger partial charge in [-0.3, -0.25) is 19.3 Å². The molecule has 0 heterocycles. The van der Waals surface area contributed by atoms with E-state index in [-0.39, 0.29) is 17.7 Å². The Morgan fingerprint density at radius 3 is 0.827 bits per heavy atom. The van der Waals surface area contributed by atoms with Gasteiger partial charge in [0.15, 0.2) is 0 Å². The molecule has 0 rings (SSSR count). The van der Waals surface area contributed by atoms with Crippen molar-refractivity contribution in [2.75, 3.05) is 39.3 Å². The Hall–Kier alpha value is -1.75. The molecule has 9 N–H and O–H groups in total. The quantitative estimate of drug-likeness (QED) is 0.0362. The normalized spacial score (nSPS) is 13.2. The number of carbonyl (C=O) groups excluding carboxylic acids is 3. The monoisotopic (exact) mass is 738 g/mol. The number of hydrogen-bond donors (Lipinski definition) is 6. The van der Waals surface area contributed by atoms with Crippen molar-refractivity contribution >= 4 is 17.7 Å². The van der Waals surface area contributed by atoms with Gasteiger partial charge in [0.05, 0.1) is 18.1 Å². The highest BCUT2D eigenvalue weighted by Crippen LogP contribution is 2.12. The molecule has 3 unspecified atom stereocenters. The first kappa shape index (κ1) is 50.2. The van der Waals surface area contributed by atoms with E-state index in [0.29, 0.717) is 58.5 Å². The molecule has 0 aliphatic carbocycles. The Kier molecular flexibility index (Phi) is 36.3. The van der Waals surface area contributed by atoms with Crippen molar-refractivity contribution in [1.29, 1.82) is 0 Å². The Balaban J connectivity index is 4.62. The lowest BCUT2D eigenvalue weighted by Crippen LogP contribution is -2.48. The molecule has 3 atom stereocenters. The summed E-state index contributed by atoms with van der Waals surface area (Å²) in [6.45, 7) is 9.78. The van der Waals surface area contributed by atoms with Gasteiger partial charge in [-0.15, -0.1) is 0 Å². The van der Waals surface area contributed by atoms with E-state index in [1.54, 1.807) is 0 Å². The summed E-state index contributed by atoms with van der Waals surface area (Å²) >= 11 is 0. The van der Waals surface area contributed by atoms with Crippen LogP contribution in [0.5, 0.6) is 0 Å². The molecule has 10 nitrogen and oxygen atoms in total. The van der Waals surface area contributed by atoms with E-state index in [1.165, 1.54) is 116 Å². The highest BCUT2D eigenvalue weighted by atomic mass is 16.2. The predicted molar refractivity (Wildman–Crippen MR) is 221 cm³/mol. The number of amides is 3. The largest absolute Gasteiger partial charge is 0.353 e. The molecule has 0 fully saturated rings. The van der Waals surface area contributed by atoms with Crippen LogP contribution in [0.2, 0.25) is 0 Å². The maximum Gasteiger partial charge on any atom is 0.236 e. The minimum absolute atomic E-state index is 0.122. The molecule has 0 aliphatic heterocycles. The topological polar surface area (TPSA) is 169 Å². The van der Waals surface area contributed by atoms with Gasteiger partial charge in [-0.1, -0.05) is 175 Å². The van der Waals surface area contributed by atoms with Crippen LogP contribution in [0.1, 0.15) is 194 Å². The smallest absolute Gasteiger partial charge is 0.236 e. The lowest BCUT2D eigenvalue weighted by atomic mass is 10.0. The van der Waals surface area contributed by atoms with Crippen LogP contribution in [-0.4, -0.2) is 80.0 Å². The van der Waals surface area contributed by atoms with Crippen molar-refractivity contribution in [2.45, 2.75) is 212 Å². The molecule has 52 heavy (non-hydrogen) atoms. The molecule has 308 valence electrons. The van der Waals surface area contributed by atoms with Gasteiger partial charge in [0, 0.05) is 39.3 Å². The van der Waals surface area contributed by atoms with Crippen LogP contribution in [0.3, 0.4) is 0 Å². The van der Waals surface area contributed by atoms with E-state index in [9.17, 15) is 14.4 Å². The van der Waals surface area contributed by atoms with E-state index in [0.717, 1.165) is 38.5 Å². The molecule has 0 radical (unpaired) electrons. The molecular formula is C42H87N7O3. The molecule has 10 heteroatoms. The van der Waals surface area contributed by atoms with Crippen LogP contribution in [0.4, 0.5) is 0 Å². The zero-order chi connectivity index (χ0) is 38.5. The zero-order valence-corrected chi connectivity index (χ0v) is 34.5. The summed E-state index contributed by atoms with van der Waals surface area (Å²) in [6, 6.07) is -1.51. The van der Waals surface area contributed by atoms with Gasteiger partial charge in [-0.2, -0.15) is 0 Å². The van der Waals surface area contributed by atoms with Gasteiger partial charge in [-0.05, 0) is 19.3 Å². The maximum absolute atomic E-state index is 12.7. The van der Waals surface area contributed by atoms with Crippen LogP contribution >= 0.6 is 0 Å². The van der Waals surface area contributed by atoms with Crippen LogP contribution < -0.4 is 33.2 Å². The first-order valence-electron chi connectivity index (χ1n) is 22.1. The van der Waals surface area contributed by atoms with E-state index < -0.39 is 18.1 Å². The van der Waals surface area contributed by atoms with Crippen molar-refractivity contribution in [3.05, 3.63) is 0 Å². The van der Waals surface area contributed by atoms with Crippen LogP contribution in [0.25, 0.3) is 0 Å². The maximum atomic E-state index is 12.7. The Labute approximate surface area is 321 Å². The van der Waals surface area contributed by atoms with Crippen LogP contribution in [0, 0.1) is 0 Å². The zero-order valence-electron chi connectivity index (χ0n) is 34.5. The number of rotatable bonds is 39. The fourth-order valence-electron chi connectivity index (χ4n) is 6.63. The first-order chi connectivity index (χ1) is 25.3. The van der Waals surface area contributed by atoms with Crippen molar-refractivity contribution in [2.24, 2.45) is 17.2 Å². The molecule has 0 saturated carbocycles. The number of carbonyl (C=O) groups is 3. The minimum atomic E-state index is -0.503. The van der Waals surface area contributed by atoms with Gasteiger partial charge in [-0.25, -0.2) is 0 Å². The molecule has 3 amide bonds. The summed E-state index contributed by atoms with van der Waals surface area (Å²) in [5.41, 5.74) is 18.6. The fourth-order valence-corrected chi connectivity index (χ4v) is 6.63. The molecule has 0 bridgehead atoms. The van der Waals surface area contributed by atoms with Crippen LogP contribution in [0.15, 0.2) is 0 Å². The van der Waals surface area contributed by atoms with Gasteiger partial charge >= 0.3 is 0 Å². The first-order valence-corrected chi connectivity index (χ1v) is 22.1. The highest BCUT2D eigenvalue weighted by molar-refractivity contribution is 5.82. The summed E-state index contributed by atoms with van der Waals surface area (Å²) in [7, 11) is 0. The predicted octanol–water partition coefficient (Wildman–Crippen LogP) is 7.21. The third-order valence-corrected chi connectivity index (χ3v) is 10.3. The third kappa shape index (κ3) is 31.7. The van der Waals surface area contributed by atoms with E-state index in [1.807, 2.05) is 0 Å². The molecule has 0 aromatic carbocycles. The van der Waals surface area contributed by atoms with E-state index in [2.05, 4.69) is 41.6 Å². The number of nitrogens with one attached hydrogen (secondary N) is 3. The average molecular weight is 738 g/mol. The van der Waals surface area contributed by atoms with E-state index in [4.69, 9.17) is 17.2 Å². The van der Waals surface area contributed by atoms with Crippen molar-refractivity contribution in [3.8, 4) is 0 Å². The highest BCUT2D eigenvalue weighted by Gasteiger charge is 2.17. The molecule has 0 spiro atoms. The van der Waals surface area contributed by atoms with Gasteiger partial charge in [0.2, 0.25) is 17.7 Å². The SMILES string of the molecule is CCCCCCCCCCC(N)C(=O)NCCN(CCNC(=O)C(N)CCCCCCCCCC)CCNC(=O)C(N)CCCCCCCCCC. The Bertz CT molecular complexity index is 727. The lowest BCUT2D eigenvalue weighted by molar-refractivity contribution is -0.123. The molecule has 0 saturated heterocycles. The fraction of sp³-hybridized carbons (Fsp3) is 0.929. The van der Waals surface area contributed by atoms with Crippen molar-refractivity contribution < 1.29 is 14.4 Å². The summed E-state index contributed by atoms with van der Waals surface area (Å²) in [6.07, 6.45) is 31.3. The average Bonchev–Trinajstić information content (AvgIpc) is 3.14. The standard InChI is InChI=1S/C42H87N7O3/c1-4-7-10-13-16-19-22-25-28-37(43)40(50)46-31-34-49(35-32-47-41(51)38(44)29-26-23-20-17-14-11-8-5-2)36-33-48-42(52)39(45)30-27-24-21-18-15-12-9-6-3/h37-39H,4-36,43-45H2,1-3H3,(H,46,50)(H,47,51)(H,48,52).